The molecule has 2 aromatic carbocycles. The van der Waals surface area contributed by atoms with Gasteiger partial charge >= 0.3 is 0 Å². The van der Waals surface area contributed by atoms with Crippen LogP contribution in [-0.4, -0.2) is 33.1 Å². The third kappa shape index (κ3) is 3.41. The topological polar surface area (TPSA) is 92.8 Å². The average Bonchev–Trinajstić information content (AvgIpc) is 2.84. The highest BCUT2D eigenvalue weighted by Crippen LogP contribution is 2.38. The molecule has 1 unspecified atom stereocenters. The minimum atomic E-state index is -3.67. The Hall–Kier alpha value is -2.87. The predicted molar refractivity (Wildman–Crippen MR) is 97.8 cm³/mol. The van der Waals surface area contributed by atoms with E-state index in [1.165, 1.54) is 18.9 Å². The van der Waals surface area contributed by atoms with E-state index in [2.05, 4.69) is 5.32 Å². The molecule has 3 rings (SSSR count). The lowest BCUT2D eigenvalue weighted by Gasteiger charge is -2.24. The van der Waals surface area contributed by atoms with Crippen molar-refractivity contribution in [3.8, 4) is 5.75 Å². The van der Waals surface area contributed by atoms with Crippen LogP contribution in [0, 0.1) is 0 Å². The zero-order valence-electron chi connectivity index (χ0n) is 14.3. The molecule has 0 radical (unpaired) electrons. The minimum absolute atomic E-state index is 0.214. The molecule has 1 heterocycles. The third-order valence-electron chi connectivity index (χ3n) is 4.03. The molecule has 2 amide bonds. The molecule has 136 valence electrons. The lowest BCUT2D eigenvalue weighted by molar-refractivity contribution is -0.116. The van der Waals surface area contributed by atoms with Crippen molar-refractivity contribution in [1.82, 2.24) is 0 Å². The molecule has 7 nitrogen and oxygen atoms in total. The molecule has 1 fully saturated rings. The molecule has 1 saturated heterocycles. The fourth-order valence-corrected chi connectivity index (χ4v) is 4.70. The van der Waals surface area contributed by atoms with Crippen molar-refractivity contribution in [2.45, 2.75) is 12.3 Å². The maximum Gasteiger partial charge on any atom is 0.243 e. The van der Waals surface area contributed by atoms with Gasteiger partial charge in [0.1, 0.15) is 11.5 Å². The number of carbonyl (C=O) groups excluding carboxylic acids is 2. The molecule has 0 aliphatic carbocycles. The van der Waals surface area contributed by atoms with Crippen molar-refractivity contribution in [2.75, 3.05) is 23.1 Å². The molecule has 1 N–H and O–H groups in total. The number of nitrogens with one attached hydrogen (secondary N) is 1. The van der Waals surface area contributed by atoms with Gasteiger partial charge < -0.3 is 10.1 Å². The van der Waals surface area contributed by atoms with E-state index in [-0.39, 0.29) is 5.91 Å². The van der Waals surface area contributed by atoms with Crippen LogP contribution >= 0.6 is 0 Å². The van der Waals surface area contributed by atoms with E-state index >= 15 is 0 Å². The van der Waals surface area contributed by atoms with Crippen LogP contribution in [0.15, 0.2) is 48.5 Å². The largest absolute Gasteiger partial charge is 0.497 e. The first-order valence-corrected chi connectivity index (χ1v) is 9.58. The fraction of sp³-hybridized carbons (Fsp3) is 0.222. The molecule has 2 aromatic rings. The van der Waals surface area contributed by atoms with Gasteiger partial charge in [-0.15, -0.1) is 0 Å². The van der Waals surface area contributed by atoms with Crippen molar-refractivity contribution < 1.29 is 22.7 Å². The Kier molecular flexibility index (Phi) is 4.69. The summed E-state index contributed by atoms with van der Waals surface area (Å²) < 4.78 is 30.2. The summed E-state index contributed by atoms with van der Waals surface area (Å²) in [5.74, 6) is -0.648. The van der Waals surface area contributed by atoms with Crippen molar-refractivity contribution in [3.63, 3.8) is 0 Å². The van der Waals surface area contributed by atoms with E-state index in [1.54, 1.807) is 48.5 Å². The van der Waals surface area contributed by atoms with Gasteiger partial charge in [-0.05, 0) is 42.0 Å². The van der Waals surface area contributed by atoms with Gasteiger partial charge in [0.05, 0.1) is 7.11 Å². The number of rotatable bonds is 4. The highest BCUT2D eigenvalue weighted by atomic mass is 32.2. The molecule has 8 heteroatoms. The highest BCUT2D eigenvalue weighted by Gasteiger charge is 2.45. The first kappa shape index (κ1) is 17.9. The zero-order valence-corrected chi connectivity index (χ0v) is 15.1. The molecule has 0 spiro atoms. The van der Waals surface area contributed by atoms with Gasteiger partial charge in [-0.3, -0.25) is 14.5 Å². The molecule has 0 saturated carbocycles. The second kappa shape index (κ2) is 6.80. The molecular formula is C18H18N2O5S. The van der Waals surface area contributed by atoms with Gasteiger partial charge in [-0.25, -0.2) is 8.42 Å². The predicted octanol–water partition coefficient (Wildman–Crippen LogP) is 2.11. The van der Waals surface area contributed by atoms with Crippen LogP contribution in [0.25, 0.3) is 0 Å². The van der Waals surface area contributed by atoms with E-state index < -0.39 is 26.9 Å². The van der Waals surface area contributed by atoms with Crippen molar-refractivity contribution >= 4 is 33.0 Å². The van der Waals surface area contributed by atoms with E-state index in [1.807, 2.05) is 0 Å². The summed E-state index contributed by atoms with van der Waals surface area (Å²) in [6.07, 6.45) is 0. The number of sulfone groups is 1. The number of carbonyl (C=O) groups is 2. The molecule has 1 atom stereocenters. The summed E-state index contributed by atoms with van der Waals surface area (Å²) in [5, 5.41) is 1.54. The number of amides is 2. The van der Waals surface area contributed by atoms with Crippen LogP contribution in [-0.2, 0) is 19.4 Å². The van der Waals surface area contributed by atoms with Crippen molar-refractivity contribution in [2.24, 2.45) is 0 Å². The lowest BCUT2D eigenvalue weighted by Crippen LogP contribution is -2.29. The second-order valence-corrected chi connectivity index (χ2v) is 7.99. The third-order valence-corrected chi connectivity index (χ3v) is 5.85. The van der Waals surface area contributed by atoms with E-state index in [4.69, 9.17) is 4.74 Å². The van der Waals surface area contributed by atoms with Gasteiger partial charge in [0.2, 0.25) is 11.8 Å². The molecule has 0 bridgehead atoms. The monoisotopic (exact) mass is 374 g/mol. The number of nitrogens with zero attached hydrogens (tertiary/aromatic N) is 1. The van der Waals surface area contributed by atoms with Crippen LogP contribution in [0.2, 0.25) is 0 Å². The first-order valence-electron chi connectivity index (χ1n) is 7.87. The molecule has 26 heavy (non-hydrogen) atoms. The van der Waals surface area contributed by atoms with Crippen LogP contribution < -0.4 is 15.0 Å². The summed E-state index contributed by atoms with van der Waals surface area (Å²) in [5.41, 5.74) is 1.50. The smallest absolute Gasteiger partial charge is 0.243 e. The highest BCUT2D eigenvalue weighted by molar-refractivity contribution is 7.93. The number of hydrogen-bond donors (Lipinski definition) is 1. The summed E-state index contributed by atoms with van der Waals surface area (Å²) in [7, 11) is -2.15. The number of ether oxygens (including phenoxy) is 1. The minimum Gasteiger partial charge on any atom is -0.497 e. The van der Waals surface area contributed by atoms with E-state index in [0.29, 0.717) is 22.7 Å². The molecule has 1 aliphatic heterocycles. The zero-order chi connectivity index (χ0) is 18.9. The van der Waals surface area contributed by atoms with Crippen LogP contribution in [0.4, 0.5) is 11.4 Å². The summed E-state index contributed by atoms with van der Waals surface area (Å²) >= 11 is 0. The lowest BCUT2D eigenvalue weighted by atomic mass is 10.1. The quantitative estimate of drug-likeness (QED) is 0.885. The maximum atomic E-state index is 12.6. The number of anilines is 2. The molecule has 0 aromatic heterocycles. The number of hydrogen-bond acceptors (Lipinski definition) is 5. The Morgan fingerprint density at radius 3 is 2.27 bits per heavy atom. The Bertz CT molecular complexity index is 937. The summed E-state index contributed by atoms with van der Waals surface area (Å²) in [6, 6.07) is 13.1. The van der Waals surface area contributed by atoms with Crippen LogP contribution in [0.3, 0.4) is 0 Å². The maximum absolute atomic E-state index is 12.6. The molecule has 1 aliphatic rings. The Morgan fingerprint density at radius 2 is 1.73 bits per heavy atom. The van der Waals surface area contributed by atoms with Gasteiger partial charge in [0.25, 0.3) is 0 Å². The number of methoxy groups -OCH3 is 1. The Morgan fingerprint density at radius 1 is 1.12 bits per heavy atom. The SMILES string of the molecule is COc1ccc(C2N(c3ccc(NC(C)=O)cc3)C(=O)CS2(=O)=O)cc1. The van der Waals surface area contributed by atoms with Gasteiger partial charge in [0.15, 0.2) is 15.2 Å². The van der Waals surface area contributed by atoms with Crippen molar-refractivity contribution in [3.05, 3.63) is 54.1 Å². The Labute approximate surface area is 151 Å². The summed E-state index contributed by atoms with van der Waals surface area (Å²) in [6.45, 7) is 1.39. The van der Waals surface area contributed by atoms with Gasteiger partial charge in [-0.2, -0.15) is 0 Å². The molecular weight excluding hydrogens is 356 g/mol. The number of benzene rings is 2. The van der Waals surface area contributed by atoms with E-state index in [9.17, 15) is 18.0 Å². The fourth-order valence-electron chi connectivity index (χ4n) is 2.92. The van der Waals surface area contributed by atoms with Crippen molar-refractivity contribution in [1.29, 1.82) is 0 Å². The van der Waals surface area contributed by atoms with E-state index in [0.717, 1.165) is 0 Å². The average molecular weight is 374 g/mol. The standard InChI is InChI=1S/C18H18N2O5S/c1-12(21)19-14-5-7-15(8-6-14)20-17(22)11-26(23,24)18(20)13-3-9-16(25-2)10-4-13/h3-10,18H,11H2,1-2H3,(H,19,21). The Balaban J connectivity index is 1.99. The summed E-state index contributed by atoms with van der Waals surface area (Å²) in [4.78, 5) is 24.8. The van der Waals surface area contributed by atoms with Crippen LogP contribution in [0.1, 0.15) is 17.9 Å². The first-order chi connectivity index (χ1) is 12.3. The second-order valence-electron chi connectivity index (χ2n) is 5.92. The normalized spacial score (nSPS) is 18.6. The van der Waals surface area contributed by atoms with Gasteiger partial charge in [0, 0.05) is 18.3 Å². The van der Waals surface area contributed by atoms with Crippen LogP contribution in [0.5, 0.6) is 5.75 Å². The van der Waals surface area contributed by atoms with Gasteiger partial charge in [-0.1, -0.05) is 12.1 Å².